The number of rotatable bonds is 4. The van der Waals surface area contributed by atoms with Crippen molar-refractivity contribution < 1.29 is 4.79 Å². The molecule has 1 aromatic carbocycles. The summed E-state index contributed by atoms with van der Waals surface area (Å²) in [6.45, 7) is 3.05. The number of hydrogen-bond donors (Lipinski definition) is 0. The van der Waals surface area contributed by atoms with Gasteiger partial charge in [-0.05, 0) is 12.1 Å². The Bertz CT molecular complexity index is 391. The second kappa shape index (κ2) is 6.43. The minimum atomic E-state index is 0.147. The molecule has 0 saturated carbocycles. The van der Waals surface area contributed by atoms with E-state index in [1.54, 1.807) is 12.1 Å². The Kier molecular flexibility index (Phi) is 4.89. The summed E-state index contributed by atoms with van der Waals surface area (Å²) in [6, 6.07) is 7.28. The Morgan fingerprint density at radius 1 is 1.29 bits per heavy atom. The van der Waals surface area contributed by atoms with Crippen LogP contribution in [-0.2, 0) is 0 Å². The van der Waals surface area contributed by atoms with Crippen LogP contribution in [0.5, 0.6) is 0 Å². The van der Waals surface area contributed by atoms with Crippen LogP contribution in [0.4, 0.5) is 0 Å². The number of hydrogen-bond acceptors (Lipinski definition) is 3. The molecule has 17 heavy (non-hydrogen) atoms. The van der Waals surface area contributed by atoms with Crippen molar-refractivity contribution in [3.05, 3.63) is 34.9 Å². The summed E-state index contributed by atoms with van der Waals surface area (Å²) in [5, 5.41) is 0.562. The van der Waals surface area contributed by atoms with E-state index in [1.165, 1.54) is 11.5 Å². The molecule has 0 radical (unpaired) electrons. The van der Waals surface area contributed by atoms with Crippen molar-refractivity contribution in [2.24, 2.45) is 0 Å². The van der Waals surface area contributed by atoms with Crippen LogP contribution in [0, 0.1) is 0 Å². The molecule has 2 nitrogen and oxygen atoms in total. The van der Waals surface area contributed by atoms with Gasteiger partial charge in [-0.15, -0.1) is 0 Å². The number of benzene rings is 1. The smallest absolute Gasteiger partial charge is 0.165 e. The molecule has 1 aliphatic heterocycles. The number of thioether (sulfide) groups is 1. The van der Waals surface area contributed by atoms with Gasteiger partial charge in [0.25, 0.3) is 0 Å². The van der Waals surface area contributed by atoms with Crippen molar-refractivity contribution in [1.82, 2.24) is 4.90 Å². The highest BCUT2D eigenvalue weighted by Crippen LogP contribution is 2.17. The minimum Gasteiger partial charge on any atom is -0.301 e. The van der Waals surface area contributed by atoms with Gasteiger partial charge in [0.1, 0.15) is 0 Å². The van der Waals surface area contributed by atoms with Gasteiger partial charge in [-0.2, -0.15) is 11.8 Å². The maximum absolute atomic E-state index is 12.0. The molecule has 1 aromatic rings. The zero-order chi connectivity index (χ0) is 12.1. The van der Waals surface area contributed by atoms with Gasteiger partial charge >= 0.3 is 0 Å². The quantitative estimate of drug-likeness (QED) is 0.784. The van der Waals surface area contributed by atoms with Gasteiger partial charge in [0.2, 0.25) is 0 Å². The third-order valence-corrected chi connectivity index (χ3v) is 4.21. The first-order chi connectivity index (χ1) is 8.27. The van der Waals surface area contributed by atoms with Gasteiger partial charge in [-0.3, -0.25) is 4.79 Å². The molecule has 0 spiro atoms. The van der Waals surface area contributed by atoms with Gasteiger partial charge in [-0.1, -0.05) is 23.7 Å². The van der Waals surface area contributed by atoms with E-state index in [9.17, 15) is 4.79 Å². The topological polar surface area (TPSA) is 20.3 Å². The Labute approximate surface area is 111 Å². The van der Waals surface area contributed by atoms with E-state index in [-0.39, 0.29) is 5.78 Å². The molecule has 0 bridgehead atoms. The van der Waals surface area contributed by atoms with Crippen LogP contribution >= 0.6 is 23.4 Å². The molecule has 0 atom stereocenters. The van der Waals surface area contributed by atoms with Crippen LogP contribution in [-0.4, -0.2) is 41.8 Å². The highest BCUT2D eigenvalue weighted by Gasteiger charge is 2.14. The Hall–Kier alpha value is -0.510. The predicted octanol–water partition coefficient (Wildman–Crippen LogP) is 2.96. The number of carbonyl (C=O) groups excluding carboxylic acids is 1. The lowest BCUT2D eigenvalue weighted by atomic mass is 10.1. The van der Waals surface area contributed by atoms with Crippen molar-refractivity contribution in [2.45, 2.75) is 6.42 Å². The van der Waals surface area contributed by atoms with E-state index in [0.29, 0.717) is 17.0 Å². The normalized spacial score (nSPS) is 17.0. The van der Waals surface area contributed by atoms with Crippen LogP contribution in [0.2, 0.25) is 5.02 Å². The molecule has 1 saturated heterocycles. The fourth-order valence-corrected chi connectivity index (χ4v) is 3.13. The molecular formula is C13H16ClNOS. The molecule has 0 unspecified atom stereocenters. The molecular weight excluding hydrogens is 254 g/mol. The maximum Gasteiger partial charge on any atom is 0.165 e. The Balaban J connectivity index is 1.87. The molecule has 1 heterocycles. The number of halogens is 1. The van der Waals surface area contributed by atoms with Crippen LogP contribution in [0.15, 0.2) is 24.3 Å². The van der Waals surface area contributed by atoms with Crippen molar-refractivity contribution in [1.29, 1.82) is 0 Å². The average Bonchev–Trinajstić information content (AvgIpc) is 2.38. The zero-order valence-electron chi connectivity index (χ0n) is 9.69. The standard InChI is InChI=1S/C13H16ClNOS/c14-12-4-2-1-3-11(12)13(16)5-6-15-7-9-17-10-8-15/h1-4H,5-10H2. The summed E-state index contributed by atoms with van der Waals surface area (Å²) >= 11 is 7.99. The number of nitrogens with zero attached hydrogens (tertiary/aromatic N) is 1. The maximum atomic E-state index is 12.0. The molecule has 0 amide bonds. The summed E-state index contributed by atoms with van der Waals surface area (Å²) in [6.07, 6.45) is 0.564. The van der Waals surface area contributed by atoms with Gasteiger partial charge in [0.05, 0.1) is 5.02 Å². The van der Waals surface area contributed by atoms with E-state index < -0.39 is 0 Å². The van der Waals surface area contributed by atoms with Gasteiger partial charge in [-0.25, -0.2) is 0 Å². The van der Waals surface area contributed by atoms with E-state index in [1.807, 2.05) is 23.9 Å². The molecule has 0 aromatic heterocycles. The molecule has 4 heteroatoms. The second-order valence-electron chi connectivity index (χ2n) is 4.11. The fourth-order valence-electron chi connectivity index (χ4n) is 1.91. The SMILES string of the molecule is O=C(CCN1CCSCC1)c1ccccc1Cl. The summed E-state index contributed by atoms with van der Waals surface area (Å²) in [4.78, 5) is 14.3. The molecule has 92 valence electrons. The molecule has 1 aliphatic rings. The van der Waals surface area contributed by atoms with Crippen molar-refractivity contribution >= 4 is 29.1 Å². The van der Waals surface area contributed by atoms with Crippen molar-refractivity contribution in [3.8, 4) is 0 Å². The van der Waals surface area contributed by atoms with E-state index >= 15 is 0 Å². The van der Waals surface area contributed by atoms with Crippen molar-refractivity contribution in [2.75, 3.05) is 31.1 Å². The number of Topliss-reactive ketones (excluding diaryl/α,β-unsaturated/α-hetero) is 1. The fraction of sp³-hybridized carbons (Fsp3) is 0.462. The van der Waals surface area contributed by atoms with E-state index in [0.717, 1.165) is 19.6 Å². The first-order valence-electron chi connectivity index (χ1n) is 5.85. The first kappa shape index (κ1) is 12.9. The largest absolute Gasteiger partial charge is 0.301 e. The molecule has 0 aliphatic carbocycles. The molecule has 2 rings (SSSR count). The first-order valence-corrected chi connectivity index (χ1v) is 7.38. The van der Waals surface area contributed by atoms with Gasteiger partial charge in [0, 0.05) is 43.1 Å². The monoisotopic (exact) mass is 269 g/mol. The van der Waals surface area contributed by atoms with E-state index in [4.69, 9.17) is 11.6 Å². The molecule has 1 fully saturated rings. The van der Waals surface area contributed by atoms with Crippen molar-refractivity contribution in [3.63, 3.8) is 0 Å². The predicted molar refractivity (Wildman–Crippen MR) is 74.2 cm³/mol. The average molecular weight is 270 g/mol. The summed E-state index contributed by atoms with van der Waals surface area (Å²) in [7, 11) is 0. The minimum absolute atomic E-state index is 0.147. The van der Waals surface area contributed by atoms with Gasteiger partial charge in [0.15, 0.2) is 5.78 Å². The third-order valence-electron chi connectivity index (χ3n) is 2.93. The van der Waals surface area contributed by atoms with Crippen LogP contribution in [0.25, 0.3) is 0 Å². The Morgan fingerprint density at radius 3 is 2.71 bits per heavy atom. The van der Waals surface area contributed by atoms with Crippen LogP contribution in [0.3, 0.4) is 0 Å². The molecule has 0 N–H and O–H groups in total. The highest BCUT2D eigenvalue weighted by molar-refractivity contribution is 7.99. The lowest BCUT2D eigenvalue weighted by molar-refractivity contribution is 0.0966. The highest BCUT2D eigenvalue weighted by atomic mass is 35.5. The van der Waals surface area contributed by atoms with Crippen LogP contribution < -0.4 is 0 Å². The summed E-state index contributed by atoms with van der Waals surface area (Å²) < 4.78 is 0. The zero-order valence-corrected chi connectivity index (χ0v) is 11.3. The van der Waals surface area contributed by atoms with E-state index in [2.05, 4.69) is 4.90 Å². The summed E-state index contributed by atoms with van der Waals surface area (Å²) in [5.41, 5.74) is 0.653. The summed E-state index contributed by atoms with van der Waals surface area (Å²) in [5.74, 6) is 2.51. The number of carbonyl (C=O) groups is 1. The number of ketones is 1. The lowest BCUT2D eigenvalue weighted by Crippen LogP contribution is -2.34. The lowest BCUT2D eigenvalue weighted by Gasteiger charge is -2.25. The third kappa shape index (κ3) is 3.73. The van der Waals surface area contributed by atoms with Gasteiger partial charge < -0.3 is 4.90 Å². The Morgan fingerprint density at radius 2 is 2.00 bits per heavy atom. The van der Waals surface area contributed by atoms with Crippen LogP contribution in [0.1, 0.15) is 16.8 Å². The second-order valence-corrected chi connectivity index (χ2v) is 5.74.